The first-order valence-corrected chi connectivity index (χ1v) is 6.16. The van der Waals surface area contributed by atoms with E-state index < -0.39 is 0 Å². The third-order valence-electron chi connectivity index (χ3n) is 2.72. The lowest BCUT2D eigenvalue weighted by molar-refractivity contribution is 0.379. The number of nitrogens with zero attached hydrogens (tertiary/aromatic N) is 1. The van der Waals surface area contributed by atoms with E-state index in [1.54, 1.807) is 13.3 Å². The average Bonchev–Trinajstić information content (AvgIpc) is 2.38. The highest BCUT2D eigenvalue weighted by Gasteiger charge is 2.14. The van der Waals surface area contributed by atoms with Gasteiger partial charge >= 0.3 is 0 Å². The molecule has 0 aliphatic carbocycles. The summed E-state index contributed by atoms with van der Waals surface area (Å²) in [5, 5.41) is 3.48. The largest absolute Gasteiger partial charge is 0.481 e. The predicted molar refractivity (Wildman–Crippen MR) is 71.3 cm³/mol. The van der Waals surface area contributed by atoms with E-state index in [1.165, 1.54) is 0 Å². The Morgan fingerprint density at radius 1 is 1.59 bits per heavy atom. The van der Waals surface area contributed by atoms with Crippen molar-refractivity contribution in [2.45, 2.75) is 32.2 Å². The zero-order chi connectivity index (χ0) is 12.5. The Morgan fingerprint density at radius 2 is 2.41 bits per heavy atom. The van der Waals surface area contributed by atoms with Crippen LogP contribution in [0.15, 0.2) is 31.0 Å². The molecule has 1 atom stereocenters. The number of rotatable bonds is 8. The number of hydrogen-bond donors (Lipinski definition) is 1. The molecule has 1 aromatic rings. The summed E-state index contributed by atoms with van der Waals surface area (Å²) < 4.78 is 5.31. The number of pyridine rings is 1. The van der Waals surface area contributed by atoms with Crippen molar-refractivity contribution in [3.8, 4) is 5.88 Å². The van der Waals surface area contributed by atoms with Crippen molar-refractivity contribution in [3.05, 3.63) is 36.5 Å². The first-order chi connectivity index (χ1) is 8.33. The number of methoxy groups -OCH3 is 1. The van der Waals surface area contributed by atoms with Crippen molar-refractivity contribution in [2.75, 3.05) is 13.7 Å². The lowest BCUT2D eigenvalue weighted by atomic mass is 10.0. The Labute approximate surface area is 104 Å². The lowest BCUT2D eigenvalue weighted by Crippen LogP contribution is -2.21. The standard InChI is InChI=1S/C14H22N2O/c1-4-6-7-10-13(15-5-2)12-9-8-11-16-14(12)17-3/h4,8-9,11,13,15H,1,5-7,10H2,2-3H3. The van der Waals surface area contributed by atoms with Crippen LogP contribution in [0, 0.1) is 0 Å². The third kappa shape index (κ3) is 4.19. The second kappa shape index (κ2) is 7.85. The van der Waals surface area contributed by atoms with Crippen LogP contribution >= 0.6 is 0 Å². The van der Waals surface area contributed by atoms with Gasteiger partial charge in [-0.15, -0.1) is 6.58 Å². The number of unbranched alkanes of at least 4 members (excludes halogenated alkanes) is 1. The van der Waals surface area contributed by atoms with Crippen LogP contribution in [-0.4, -0.2) is 18.6 Å². The molecule has 94 valence electrons. The van der Waals surface area contributed by atoms with Crippen LogP contribution < -0.4 is 10.1 Å². The van der Waals surface area contributed by atoms with Crippen LogP contribution in [0.4, 0.5) is 0 Å². The maximum absolute atomic E-state index is 5.31. The summed E-state index contributed by atoms with van der Waals surface area (Å²) in [5.74, 6) is 0.719. The molecular weight excluding hydrogens is 212 g/mol. The second-order valence-electron chi connectivity index (χ2n) is 3.93. The Hall–Kier alpha value is -1.35. The molecule has 0 radical (unpaired) electrons. The van der Waals surface area contributed by atoms with E-state index >= 15 is 0 Å². The van der Waals surface area contributed by atoms with Gasteiger partial charge < -0.3 is 10.1 Å². The number of nitrogens with one attached hydrogen (secondary N) is 1. The maximum atomic E-state index is 5.31. The smallest absolute Gasteiger partial charge is 0.217 e. The zero-order valence-electron chi connectivity index (χ0n) is 10.8. The summed E-state index contributed by atoms with van der Waals surface area (Å²) in [7, 11) is 1.67. The Morgan fingerprint density at radius 3 is 3.06 bits per heavy atom. The number of allylic oxidation sites excluding steroid dienone is 1. The molecule has 3 heteroatoms. The molecule has 3 nitrogen and oxygen atoms in total. The molecule has 1 aromatic heterocycles. The molecule has 1 rings (SSSR count). The van der Waals surface area contributed by atoms with Crippen LogP contribution in [0.2, 0.25) is 0 Å². The van der Waals surface area contributed by atoms with E-state index in [9.17, 15) is 0 Å². The molecule has 0 fully saturated rings. The molecule has 0 aliphatic heterocycles. The quantitative estimate of drug-likeness (QED) is 0.554. The van der Waals surface area contributed by atoms with E-state index in [4.69, 9.17) is 4.74 Å². The molecule has 0 bridgehead atoms. The van der Waals surface area contributed by atoms with E-state index in [0.717, 1.165) is 37.3 Å². The van der Waals surface area contributed by atoms with Gasteiger partial charge in [0.25, 0.3) is 0 Å². The molecule has 0 saturated carbocycles. The normalized spacial score (nSPS) is 12.1. The van der Waals surface area contributed by atoms with Gasteiger partial charge in [0, 0.05) is 17.8 Å². The van der Waals surface area contributed by atoms with Crippen molar-refractivity contribution >= 4 is 0 Å². The lowest BCUT2D eigenvalue weighted by Gasteiger charge is -2.19. The average molecular weight is 234 g/mol. The first kappa shape index (κ1) is 13.7. The van der Waals surface area contributed by atoms with Gasteiger partial charge in [0.1, 0.15) is 0 Å². The maximum Gasteiger partial charge on any atom is 0.217 e. The van der Waals surface area contributed by atoms with E-state index in [0.29, 0.717) is 6.04 Å². The summed E-state index contributed by atoms with van der Waals surface area (Å²) >= 11 is 0. The second-order valence-corrected chi connectivity index (χ2v) is 3.93. The highest BCUT2D eigenvalue weighted by molar-refractivity contribution is 5.28. The van der Waals surface area contributed by atoms with Gasteiger partial charge in [0.15, 0.2) is 0 Å². The minimum atomic E-state index is 0.309. The highest BCUT2D eigenvalue weighted by Crippen LogP contribution is 2.26. The monoisotopic (exact) mass is 234 g/mol. The minimum absolute atomic E-state index is 0.309. The van der Waals surface area contributed by atoms with Gasteiger partial charge in [-0.2, -0.15) is 0 Å². The third-order valence-corrected chi connectivity index (χ3v) is 2.72. The number of aromatic nitrogens is 1. The number of ether oxygens (including phenoxy) is 1. The van der Waals surface area contributed by atoms with Crippen LogP contribution in [0.5, 0.6) is 5.88 Å². The van der Waals surface area contributed by atoms with Crippen molar-refractivity contribution in [3.63, 3.8) is 0 Å². The van der Waals surface area contributed by atoms with Crippen molar-refractivity contribution in [1.82, 2.24) is 10.3 Å². The van der Waals surface area contributed by atoms with Gasteiger partial charge in [-0.25, -0.2) is 4.98 Å². The van der Waals surface area contributed by atoms with Crippen LogP contribution in [0.1, 0.15) is 37.8 Å². The molecular formula is C14H22N2O. The Balaban J connectivity index is 2.76. The van der Waals surface area contributed by atoms with Crippen LogP contribution in [0.3, 0.4) is 0 Å². The molecule has 17 heavy (non-hydrogen) atoms. The van der Waals surface area contributed by atoms with Crippen molar-refractivity contribution in [1.29, 1.82) is 0 Å². The summed E-state index contributed by atoms with van der Waals surface area (Å²) in [6.45, 7) is 6.81. The van der Waals surface area contributed by atoms with Gasteiger partial charge in [-0.3, -0.25) is 0 Å². The summed E-state index contributed by atoms with van der Waals surface area (Å²) in [4.78, 5) is 4.25. The van der Waals surface area contributed by atoms with Crippen molar-refractivity contribution in [2.24, 2.45) is 0 Å². The van der Waals surface area contributed by atoms with E-state index in [-0.39, 0.29) is 0 Å². The molecule has 0 spiro atoms. The first-order valence-electron chi connectivity index (χ1n) is 6.16. The van der Waals surface area contributed by atoms with Gasteiger partial charge in [0.05, 0.1) is 7.11 Å². The fourth-order valence-electron chi connectivity index (χ4n) is 1.92. The molecule has 1 heterocycles. The van der Waals surface area contributed by atoms with Gasteiger partial charge in [-0.05, 0) is 31.9 Å². The minimum Gasteiger partial charge on any atom is -0.481 e. The molecule has 0 aromatic carbocycles. The van der Waals surface area contributed by atoms with Crippen LogP contribution in [-0.2, 0) is 0 Å². The predicted octanol–water partition coefficient (Wildman–Crippen LogP) is 3.10. The SMILES string of the molecule is C=CCCCC(NCC)c1cccnc1OC. The van der Waals surface area contributed by atoms with Gasteiger partial charge in [-0.1, -0.05) is 19.1 Å². The summed E-state index contributed by atoms with van der Waals surface area (Å²) in [6.07, 6.45) is 6.96. The van der Waals surface area contributed by atoms with Crippen molar-refractivity contribution < 1.29 is 4.74 Å². The van der Waals surface area contributed by atoms with E-state index in [2.05, 4.69) is 29.9 Å². The Bertz CT molecular complexity index is 339. The van der Waals surface area contributed by atoms with E-state index in [1.807, 2.05) is 12.1 Å². The fraction of sp³-hybridized carbons (Fsp3) is 0.500. The molecule has 0 aliphatic rings. The molecule has 1 N–H and O–H groups in total. The Kier molecular flexibility index (Phi) is 6.33. The topological polar surface area (TPSA) is 34.2 Å². The highest BCUT2D eigenvalue weighted by atomic mass is 16.5. The summed E-state index contributed by atoms with van der Waals surface area (Å²) in [5.41, 5.74) is 1.14. The summed E-state index contributed by atoms with van der Waals surface area (Å²) in [6, 6.07) is 4.34. The van der Waals surface area contributed by atoms with Gasteiger partial charge in [0.2, 0.25) is 5.88 Å². The fourth-order valence-corrected chi connectivity index (χ4v) is 1.92. The molecule has 0 saturated heterocycles. The molecule has 0 amide bonds. The molecule has 1 unspecified atom stereocenters. The number of hydrogen-bond acceptors (Lipinski definition) is 3. The van der Waals surface area contributed by atoms with Crippen LogP contribution in [0.25, 0.3) is 0 Å². The zero-order valence-corrected chi connectivity index (χ0v) is 10.8.